The van der Waals surface area contributed by atoms with Gasteiger partial charge < -0.3 is 10.1 Å². The normalized spacial score (nSPS) is 13.7. The van der Waals surface area contributed by atoms with Crippen molar-refractivity contribution in [1.29, 1.82) is 0 Å². The zero-order valence-electron chi connectivity index (χ0n) is 13.3. The molecule has 3 rings (SSSR count). The van der Waals surface area contributed by atoms with Crippen molar-refractivity contribution < 1.29 is 14.3 Å². The van der Waals surface area contributed by atoms with Gasteiger partial charge in [-0.1, -0.05) is 11.6 Å². The molecular weight excluding hydrogens is 332 g/mol. The summed E-state index contributed by atoms with van der Waals surface area (Å²) in [5, 5.41) is 7.41. The van der Waals surface area contributed by atoms with E-state index in [1.807, 2.05) is 13.8 Å². The van der Waals surface area contributed by atoms with Crippen LogP contribution in [0.4, 0.5) is 11.5 Å². The second-order valence-corrected chi connectivity index (χ2v) is 6.12. The third kappa shape index (κ3) is 3.21. The summed E-state index contributed by atoms with van der Waals surface area (Å²) in [7, 11) is 0. The molecule has 0 saturated heterocycles. The van der Waals surface area contributed by atoms with Gasteiger partial charge in [-0.15, -0.1) is 0 Å². The predicted octanol–water partition coefficient (Wildman–Crippen LogP) is 2.48. The number of aromatic nitrogens is 2. The third-order valence-electron chi connectivity index (χ3n) is 3.59. The molecule has 1 aromatic carbocycles. The second-order valence-electron chi connectivity index (χ2n) is 5.68. The van der Waals surface area contributed by atoms with Gasteiger partial charge in [0.15, 0.2) is 6.61 Å². The first-order chi connectivity index (χ1) is 11.5. The van der Waals surface area contributed by atoms with Crippen molar-refractivity contribution in [1.82, 2.24) is 9.78 Å². The molecule has 0 atom stereocenters. The van der Waals surface area contributed by atoms with Crippen LogP contribution in [0.5, 0.6) is 5.75 Å². The summed E-state index contributed by atoms with van der Waals surface area (Å²) in [5.74, 6) is 0.497. The summed E-state index contributed by atoms with van der Waals surface area (Å²) in [6.07, 6.45) is 1.62. The fourth-order valence-corrected chi connectivity index (χ4v) is 2.67. The Labute approximate surface area is 144 Å². The Morgan fingerprint density at radius 1 is 1.42 bits per heavy atom. The Morgan fingerprint density at radius 2 is 2.21 bits per heavy atom. The minimum absolute atomic E-state index is 0.105. The standard InChI is InChI=1S/C16H17ClN4O3/c1-10(2)21-14(5-6-18-21)19-15(22)8-20-12-7-11(17)3-4-13(12)24-9-16(20)23/h3-7,10H,8-9H2,1-2H3,(H,19,22). The molecule has 1 aliphatic rings. The molecule has 2 aromatic rings. The van der Waals surface area contributed by atoms with Gasteiger partial charge in [-0.05, 0) is 32.0 Å². The summed E-state index contributed by atoms with van der Waals surface area (Å²) >= 11 is 5.99. The topological polar surface area (TPSA) is 76.5 Å². The minimum atomic E-state index is -0.321. The van der Waals surface area contributed by atoms with Crippen LogP contribution >= 0.6 is 11.6 Å². The molecule has 0 fully saturated rings. The Morgan fingerprint density at radius 3 is 2.96 bits per heavy atom. The number of fused-ring (bicyclic) bond motifs is 1. The van der Waals surface area contributed by atoms with Crippen LogP contribution in [0.25, 0.3) is 0 Å². The maximum atomic E-state index is 12.4. The van der Waals surface area contributed by atoms with Crippen molar-refractivity contribution in [3.05, 3.63) is 35.5 Å². The first kappa shape index (κ1) is 16.3. The van der Waals surface area contributed by atoms with E-state index in [2.05, 4.69) is 10.4 Å². The van der Waals surface area contributed by atoms with Crippen LogP contribution in [0.15, 0.2) is 30.5 Å². The van der Waals surface area contributed by atoms with Gasteiger partial charge >= 0.3 is 0 Å². The van der Waals surface area contributed by atoms with E-state index >= 15 is 0 Å². The summed E-state index contributed by atoms with van der Waals surface area (Å²) < 4.78 is 7.06. The van der Waals surface area contributed by atoms with Crippen LogP contribution in [0, 0.1) is 0 Å². The molecule has 1 N–H and O–H groups in total. The molecule has 0 bridgehead atoms. The van der Waals surface area contributed by atoms with Gasteiger partial charge in [-0.2, -0.15) is 5.10 Å². The SMILES string of the molecule is CC(C)n1nccc1NC(=O)CN1C(=O)COc2ccc(Cl)cc21. The smallest absolute Gasteiger partial charge is 0.265 e. The van der Waals surface area contributed by atoms with Crippen molar-refractivity contribution >= 4 is 34.9 Å². The number of rotatable bonds is 4. The van der Waals surface area contributed by atoms with Crippen LogP contribution < -0.4 is 15.0 Å². The summed E-state index contributed by atoms with van der Waals surface area (Å²) in [6, 6.07) is 6.79. The Balaban J connectivity index is 1.78. The van der Waals surface area contributed by atoms with E-state index in [0.29, 0.717) is 22.3 Å². The van der Waals surface area contributed by atoms with Crippen molar-refractivity contribution in [2.75, 3.05) is 23.4 Å². The number of hydrogen-bond acceptors (Lipinski definition) is 4. The number of anilines is 2. The van der Waals surface area contributed by atoms with Crippen LogP contribution in [-0.4, -0.2) is 34.7 Å². The van der Waals surface area contributed by atoms with Crippen LogP contribution in [-0.2, 0) is 9.59 Å². The van der Waals surface area contributed by atoms with Gasteiger partial charge in [-0.25, -0.2) is 4.68 Å². The lowest BCUT2D eigenvalue weighted by Gasteiger charge is -2.29. The maximum Gasteiger partial charge on any atom is 0.265 e. The lowest BCUT2D eigenvalue weighted by molar-refractivity contribution is -0.123. The summed E-state index contributed by atoms with van der Waals surface area (Å²) in [6.45, 7) is 3.70. The first-order valence-electron chi connectivity index (χ1n) is 7.52. The molecule has 0 unspecified atom stereocenters. The maximum absolute atomic E-state index is 12.4. The zero-order chi connectivity index (χ0) is 17.3. The Bertz CT molecular complexity index is 787. The lowest BCUT2D eigenvalue weighted by Crippen LogP contribution is -2.43. The zero-order valence-corrected chi connectivity index (χ0v) is 14.1. The van der Waals surface area contributed by atoms with E-state index in [1.165, 1.54) is 4.90 Å². The molecule has 24 heavy (non-hydrogen) atoms. The van der Waals surface area contributed by atoms with Crippen molar-refractivity contribution in [2.24, 2.45) is 0 Å². The highest BCUT2D eigenvalue weighted by Gasteiger charge is 2.27. The molecule has 8 heteroatoms. The molecule has 0 radical (unpaired) electrons. The lowest BCUT2D eigenvalue weighted by atomic mass is 10.2. The van der Waals surface area contributed by atoms with E-state index in [4.69, 9.17) is 16.3 Å². The number of amides is 2. The average Bonchev–Trinajstić information content (AvgIpc) is 2.98. The monoisotopic (exact) mass is 348 g/mol. The van der Waals surface area contributed by atoms with Crippen LogP contribution in [0.1, 0.15) is 19.9 Å². The van der Waals surface area contributed by atoms with E-state index < -0.39 is 0 Å². The number of halogens is 1. The minimum Gasteiger partial charge on any atom is -0.482 e. The van der Waals surface area contributed by atoms with E-state index in [9.17, 15) is 9.59 Å². The highest BCUT2D eigenvalue weighted by Crippen LogP contribution is 2.34. The number of nitrogens with one attached hydrogen (secondary N) is 1. The van der Waals surface area contributed by atoms with E-state index in [0.717, 1.165) is 0 Å². The van der Waals surface area contributed by atoms with Gasteiger partial charge in [0.25, 0.3) is 5.91 Å². The Hall–Kier alpha value is -2.54. The highest BCUT2D eigenvalue weighted by atomic mass is 35.5. The predicted molar refractivity (Wildman–Crippen MR) is 90.5 cm³/mol. The van der Waals surface area contributed by atoms with Gasteiger partial charge in [0, 0.05) is 17.1 Å². The van der Waals surface area contributed by atoms with Gasteiger partial charge in [0.1, 0.15) is 18.1 Å². The second kappa shape index (κ2) is 6.52. The molecule has 1 aromatic heterocycles. The van der Waals surface area contributed by atoms with Crippen molar-refractivity contribution in [3.63, 3.8) is 0 Å². The fourth-order valence-electron chi connectivity index (χ4n) is 2.50. The molecule has 0 saturated carbocycles. The van der Waals surface area contributed by atoms with Crippen molar-refractivity contribution in [2.45, 2.75) is 19.9 Å². The molecule has 2 heterocycles. The Kier molecular flexibility index (Phi) is 4.44. The number of benzene rings is 1. The first-order valence-corrected chi connectivity index (χ1v) is 7.89. The summed E-state index contributed by atoms with van der Waals surface area (Å²) in [5.41, 5.74) is 0.492. The van der Waals surface area contributed by atoms with E-state index in [-0.39, 0.29) is 31.0 Å². The molecule has 0 aliphatic carbocycles. The largest absolute Gasteiger partial charge is 0.482 e. The van der Waals surface area contributed by atoms with Gasteiger partial charge in [0.2, 0.25) is 5.91 Å². The number of hydrogen-bond donors (Lipinski definition) is 1. The van der Waals surface area contributed by atoms with Gasteiger partial charge in [0.05, 0.1) is 11.9 Å². The van der Waals surface area contributed by atoms with Crippen molar-refractivity contribution in [3.8, 4) is 5.75 Å². The fraction of sp³-hybridized carbons (Fsp3) is 0.312. The van der Waals surface area contributed by atoms with Gasteiger partial charge in [-0.3, -0.25) is 14.5 Å². The molecular formula is C16H17ClN4O3. The molecule has 2 amide bonds. The van der Waals surface area contributed by atoms with Crippen LogP contribution in [0.2, 0.25) is 5.02 Å². The highest BCUT2D eigenvalue weighted by molar-refractivity contribution is 6.31. The molecule has 1 aliphatic heterocycles. The molecule has 7 nitrogen and oxygen atoms in total. The third-order valence-corrected chi connectivity index (χ3v) is 3.83. The average molecular weight is 349 g/mol. The quantitative estimate of drug-likeness (QED) is 0.921. The molecule has 126 valence electrons. The van der Waals surface area contributed by atoms with E-state index in [1.54, 1.807) is 35.1 Å². The number of nitrogens with zero attached hydrogens (tertiary/aromatic N) is 3. The number of carbonyl (C=O) groups is 2. The number of carbonyl (C=O) groups excluding carboxylic acids is 2. The number of ether oxygens (including phenoxy) is 1. The molecule has 0 spiro atoms. The summed E-state index contributed by atoms with van der Waals surface area (Å²) in [4.78, 5) is 25.9. The van der Waals surface area contributed by atoms with Crippen LogP contribution in [0.3, 0.4) is 0 Å².